The van der Waals surface area contributed by atoms with E-state index in [0.29, 0.717) is 12.5 Å². The van der Waals surface area contributed by atoms with Crippen molar-refractivity contribution in [1.29, 1.82) is 0 Å². The van der Waals surface area contributed by atoms with Crippen molar-refractivity contribution >= 4 is 16.6 Å². The number of hydrogen-bond acceptors (Lipinski definition) is 3. The first kappa shape index (κ1) is 21.0. The van der Waals surface area contributed by atoms with E-state index in [-0.39, 0.29) is 0 Å². The molecule has 1 heterocycles. The second kappa shape index (κ2) is 8.77. The van der Waals surface area contributed by atoms with Crippen molar-refractivity contribution in [3.63, 3.8) is 0 Å². The average Bonchev–Trinajstić information content (AvgIpc) is 2.64. The first-order chi connectivity index (χ1) is 13.8. The van der Waals surface area contributed by atoms with E-state index in [1.165, 1.54) is 27.8 Å². The molecule has 0 radical (unpaired) electrons. The molecule has 3 heteroatoms. The van der Waals surface area contributed by atoms with Gasteiger partial charge in [0.05, 0.1) is 11.2 Å². The molecule has 0 saturated heterocycles. The molecule has 3 nitrogen and oxygen atoms in total. The van der Waals surface area contributed by atoms with Crippen molar-refractivity contribution in [2.24, 2.45) is 11.1 Å². The number of benzene rings is 2. The predicted molar refractivity (Wildman–Crippen MR) is 124 cm³/mol. The van der Waals surface area contributed by atoms with Gasteiger partial charge in [-0.2, -0.15) is 0 Å². The third kappa shape index (κ3) is 4.50. The van der Waals surface area contributed by atoms with E-state index in [1.807, 2.05) is 0 Å². The van der Waals surface area contributed by atoms with Crippen LogP contribution in [-0.2, 0) is 4.84 Å². The Hall–Kier alpha value is -2.68. The Morgan fingerprint density at radius 1 is 1.03 bits per heavy atom. The van der Waals surface area contributed by atoms with Gasteiger partial charge in [-0.05, 0) is 62.8 Å². The standard InChI is InChI=1S/C26H32N2O/c1-8-24(28-29-15-16(2)3)23-14-20(7)27-26-21(23)10-9-11-22(26)25-18(5)12-17(4)13-19(25)6/h9-14,16H,8,15H2,1-7H3. The van der Waals surface area contributed by atoms with Crippen LogP contribution >= 0.6 is 0 Å². The number of nitrogens with zero attached hydrogens (tertiary/aromatic N) is 2. The number of hydrogen-bond donors (Lipinski definition) is 0. The van der Waals surface area contributed by atoms with Gasteiger partial charge in [-0.25, -0.2) is 0 Å². The van der Waals surface area contributed by atoms with Crippen molar-refractivity contribution in [3.05, 3.63) is 64.3 Å². The minimum absolute atomic E-state index is 0.451. The lowest BCUT2D eigenvalue weighted by Gasteiger charge is -2.16. The second-order valence-corrected chi connectivity index (χ2v) is 8.37. The van der Waals surface area contributed by atoms with E-state index < -0.39 is 0 Å². The molecular weight excluding hydrogens is 356 g/mol. The van der Waals surface area contributed by atoms with Gasteiger partial charge in [0.1, 0.15) is 6.61 Å². The van der Waals surface area contributed by atoms with Crippen molar-refractivity contribution in [2.45, 2.75) is 54.9 Å². The highest BCUT2D eigenvalue weighted by Gasteiger charge is 2.16. The van der Waals surface area contributed by atoms with Crippen LogP contribution in [0, 0.1) is 33.6 Å². The van der Waals surface area contributed by atoms with E-state index in [4.69, 9.17) is 9.82 Å². The molecule has 0 spiro atoms. The predicted octanol–water partition coefficient (Wildman–Crippen LogP) is 6.92. The van der Waals surface area contributed by atoms with Crippen LogP contribution in [-0.4, -0.2) is 17.3 Å². The summed E-state index contributed by atoms with van der Waals surface area (Å²) in [6.07, 6.45) is 0.809. The molecule has 0 atom stereocenters. The van der Waals surface area contributed by atoms with Crippen molar-refractivity contribution in [2.75, 3.05) is 6.61 Å². The third-order valence-corrected chi connectivity index (χ3v) is 5.14. The first-order valence-corrected chi connectivity index (χ1v) is 10.5. The van der Waals surface area contributed by atoms with Crippen LogP contribution < -0.4 is 0 Å². The maximum absolute atomic E-state index is 5.63. The number of rotatable bonds is 6. The van der Waals surface area contributed by atoms with Crippen LogP contribution in [0.1, 0.15) is 55.1 Å². The number of para-hydroxylation sites is 1. The molecule has 0 saturated carbocycles. The van der Waals surface area contributed by atoms with Gasteiger partial charge in [0.25, 0.3) is 0 Å². The highest BCUT2D eigenvalue weighted by Crippen LogP contribution is 2.34. The van der Waals surface area contributed by atoms with Crippen LogP contribution in [0.2, 0.25) is 0 Å². The highest BCUT2D eigenvalue weighted by atomic mass is 16.6. The summed E-state index contributed by atoms with van der Waals surface area (Å²) in [5, 5.41) is 5.61. The van der Waals surface area contributed by atoms with Crippen LogP contribution in [0.25, 0.3) is 22.0 Å². The van der Waals surface area contributed by atoms with Gasteiger partial charge in [-0.15, -0.1) is 0 Å². The maximum Gasteiger partial charge on any atom is 0.119 e. The van der Waals surface area contributed by atoms with Gasteiger partial charge in [-0.3, -0.25) is 4.98 Å². The number of pyridine rings is 1. The molecule has 152 valence electrons. The van der Waals surface area contributed by atoms with Gasteiger partial charge in [-0.1, -0.05) is 61.8 Å². The summed E-state index contributed by atoms with van der Waals surface area (Å²) in [4.78, 5) is 10.6. The lowest BCUT2D eigenvalue weighted by Crippen LogP contribution is -2.06. The summed E-state index contributed by atoms with van der Waals surface area (Å²) in [6.45, 7) is 15.6. The monoisotopic (exact) mass is 388 g/mol. The van der Waals surface area contributed by atoms with Crippen molar-refractivity contribution in [1.82, 2.24) is 4.98 Å². The van der Waals surface area contributed by atoms with Gasteiger partial charge < -0.3 is 4.84 Å². The molecule has 0 aliphatic rings. The van der Waals surface area contributed by atoms with E-state index >= 15 is 0 Å². The highest BCUT2D eigenvalue weighted by molar-refractivity contribution is 6.12. The Balaban J connectivity index is 2.23. The Labute approximate surface area is 174 Å². The zero-order valence-corrected chi connectivity index (χ0v) is 18.8. The molecule has 0 unspecified atom stereocenters. The van der Waals surface area contributed by atoms with Crippen LogP contribution in [0.15, 0.2) is 41.6 Å². The summed E-state index contributed by atoms with van der Waals surface area (Å²) >= 11 is 0. The number of aromatic nitrogens is 1. The van der Waals surface area contributed by atoms with Crippen LogP contribution in [0.3, 0.4) is 0 Å². The smallest absolute Gasteiger partial charge is 0.119 e. The number of fused-ring (bicyclic) bond motifs is 1. The summed E-state index contributed by atoms with van der Waals surface area (Å²) in [6, 6.07) is 13.1. The normalized spacial score (nSPS) is 12.1. The van der Waals surface area contributed by atoms with E-state index in [9.17, 15) is 0 Å². The Kier molecular flexibility index (Phi) is 6.36. The molecule has 2 aromatic carbocycles. The number of oxime groups is 1. The molecule has 1 aromatic heterocycles. The molecule has 3 rings (SSSR count). The lowest BCUT2D eigenvalue weighted by molar-refractivity contribution is 0.118. The summed E-state index contributed by atoms with van der Waals surface area (Å²) in [5.74, 6) is 0.451. The first-order valence-electron chi connectivity index (χ1n) is 10.5. The van der Waals surface area contributed by atoms with E-state index in [2.05, 4.69) is 90.0 Å². The van der Waals surface area contributed by atoms with Gasteiger partial charge >= 0.3 is 0 Å². The van der Waals surface area contributed by atoms with E-state index in [0.717, 1.165) is 34.3 Å². The fourth-order valence-corrected chi connectivity index (χ4v) is 3.99. The fraction of sp³-hybridized carbons (Fsp3) is 0.385. The van der Waals surface area contributed by atoms with Crippen LogP contribution in [0.5, 0.6) is 0 Å². The van der Waals surface area contributed by atoms with Crippen LogP contribution in [0.4, 0.5) is 0 Å². The molecule has 0 aliphatic heterocycles. The fourth-order valence-electron chi connectivity index (χ4n) is 3.99. The molecule has 0 N–H and O–H groups in total. The topological polar surface area (TPSA) is 34.5 Å². The minimum atomic E-state index is 0.451. The quantitative estimate of drug-likeness (QED) is 0.339. The van der Waals surface area contributed by atoms with Crippen molar-refractivity contribution < 1.29 is 4.84 Å². The maximum atomic E-state index is 5.63. The molecular formula is C26H32N2O. The van der Waals surface area contributed by atoms with E-state index in [1.54, 1.807) is 0 Å². The van der Waals surface area contributed by atoms with Gasteiger partial charge in [0, 0.05) is 22.2 Å². The SMILES string of the molecule is CCC(=NOCC(C)C)c1cc(C)nc2c(-c3c(C)cc(C)cc3C)cccc12. The molecule has 3 aromatic rings. The Bertz CT molecular complexity index is 1040. The molecule has 29 heavy (non-hydrogen) atoms. The molecule has 0 fully saturated rings. The Morgan fingerprint density at radius 2 is 1.72 bits per heavy atom. The third-order valence-electron chi connectivity index (χ3n) is 5.14. The van der Waals surface area contributed by atoms with Crippen molar-refractivity contribution in [3.8, 4) is 11.1 Å². The largest absolute Gasteiger partial charge is 0.395 e. The summed E-state index contributed by atoms with van der Waals surface area (Å²) in [5.41, 5.74) is 10.4. The summed E-state index contributed by atoms with van der Waals surface area (Å²) < 4.78 is 0. The average molecular weight is 389 g/mol. The summed E-state index contributed by atoms with van der Waals surface area (Å²) in [7, 11) is 0. The zero-order chi connectivity index (χ0) is 21.1. The lowest BCUT2D eigenvalue weighted by atomic mass is 9.90. The second-order valence-electron chi connectivity index (χ2n) is 8.37. The van der Waals surface area contributed by atoms with Gasteiger partial charge in [0.2, 0.25) is 0 Å². The molecule has 0 amide bonds. The number of aryl methyl sites for hydroxylation is 4. The minimum Gasteiger partial charge on any atom is -0.395 e. The molecule has 0 bridgehead atoms. The Morgan fingerprint density at radius 3 is 2.34 bits per heavy atom. The molecule has 0 aliphatic carbocycles. The van der Waals surface area contributed by atoms with Gasteiger partial charge in [0.15, 0.2) is 0 Å². The zero-order valence-electron chi connectivity index (χ0n) is 18.8.